The monoisotopic (exact) mass is 603 g/mol. The maximum Gasteiger partial charge on any atom is 0.459 e. The van der Waals surface area contributed by atoms with Crippen molar-refractivity contribution in [2.75, 3.05) is 5.32 Å². The van der Waals surface area contributed by atoms with Crippen molar-refractivity contribution in [3.8, 4) is 16.3 Å². The minimum absolute atomic E-state index is 0.0120. The van der Waals surface area contributed by atoms with Gasteiger partial charge >= 0.3 is 18.3 Å². The molecule has 0 fully saturated rings. The summed E-state index contributed by atoms with van der Waals surface area (Å²) in [6.45, 7) is 0. The summed E-state index contributed by atoms with van der Waals surface area (Å²) in [7, 11) is 0.767. The lowest BCUT2D eigenvalue weighted by Crippen LogP contribution is -2.36. The highest BCUT2D eigenvalue weighted by atomic mass is 35.5. The van der Waals surface area contributed by atoms with Gasteiger partial charge in [-0.05, 0) is 30.3 Å². The molecule has 17 heteroatoms. The summed E-state index contributed by atoms with van der Waals surface area (Å²) in [5, 5.41) is 9.57. The molecule has 0 spiro atoms. The van der Waals surface area contributed by atoms with Gasteiger partial charge in [-0.2, -0.15) is 45.3 Å². The summed E-state index contributed by atoms with van der Waals surface area (Å²) in [5.41, 5.74) is -4.30. The number of halogens is 10. The number of anilines is 1. The Morgan fingerprint density at radius 3 is 2.24 bits per heavy atom. The average Bonchev–Trinajstić information content (AvgIpc) is 3.50. The van der Waals surface area contributed by atoms with E-state index in [2.05, 4.69) is 15.5 Å². The molecule has 0 atom stereocenters. The molecule has 0 aliphatic rings. The van der Waals surface area contributed by atoms with Crippen molar-refractivity contribution in [1.82, 2.24) is 19.6 Å². The molecule has 4 rings (SSSR count). The number of aromatic nitrogens is 4. The van der Waals surface area contributed by atoms with Crippen LogP contribution in [0.1, 0.15) is 21.6 Å². The van der Waals surface area contributed by atoms with E-state index in [0.29, 0.717) is 15.4 Å². The van der Waals surface area contributed by atoms with E-state index in [1.165, 1.54) is 30.3 Å². The quantitative estimate of drug-likeness (QED) is 0.239. The van der Waals surface area contributed by atoms with Crippen LogP contribution in [0.3, 0.4) is 0 Å². The van der Waals surface area contributed by atoms with Crippen LogP contribution < -0.4 is 5.32 Å². The number of nitrogens with one attached hydrogen (secondary N) is 1. The smallest absolute Gasteiger partial charge is 0.322 e. The third-order valence-electron chi connectivity index (χ3n) is 5.07. The van der Waals surface area contributed by atoms with Gasteiger partial charge in [0.15, 0.2) is 11.5 Å². The van der Waals surface area contributed by atoms with Crippen molar-refractivity contribution in [3.05, 3.63) is 68.9 Å². The molecule has 0 saturated heterocycles. The van der Waals surface area contributed by atoms with Gasteiger partial charge in [0.2, 0.25) is 0 Å². The largest absolute Gasteiger partial charge is 0.459 e. The van der Waals surface area contributed by atoms with Crippen molar-refractivity contribution < 1.29 is 39.9 Å². The first-order valence-electron chi connectivity index (χ1n) is 10.0. The number of alkyl halides is 8. The van der Waals surface area contributed by atoms with Crippen LogP contribution in [-0.4, -0.2) is 31.6 Å². The van der Waals surface area contributed by atoms with Crippen LogP contribution in [0.15, 0.2) is 42.7 Å². The molecular weight excluding hydrogens is 593 g/mol. The van der Waals surface area contributed by atoms with Gasteiger partial charge < -0.3 is 5.32 Å². The van der Waals surface area contributed by atoms with Gasteiger partial charge in [-0.1, -0.05) is 23.2 Å². The Kier molecular flexibility index (Phi) is 6.99. The van der Waals surface area contributed by atoms with Crippen molar-refractivity contribution >= 4 is 46.1 Å². The molecule has 202 valence electrons. The summed E-state index contributed by atoms with van der Waals surface area (Å²) >= 11 is 12.8. The van der Waals surface area contributed by atoms with Crippen molar-refractivity contribution in [2.24, 2.45) is 7.05 Å². The molecule has 0 aliphatic heterocycles. The second-order valence-corrected chi connectivity index (χ2v) is 9.76. The van der Waals surface area contributed by atoms with Gasteiger partial charge in [0.1, 0.15) is 9.90 Å². The zero-order valence-electron chi connectivity index (χ0n) is 18.4. The maximum absolute atomic E-state index is 13.9. The van der Waals surface area contributed by atoms with E-state index in [1.807, 2.05) is 0 Å². The summed E-state index contributed by atoms with van der Waals surface area (Å²) < 4.78 is 108. The van der Waals surface area contributed by atoms with Gasteiger partial charge in [-0.25, -0.2) is 9.36 Å². The molecule has 1 amide bonds. The normalized spacial score (nSPS) is 12.7. The molecule has 1 N–H and O–H groups in total. The van der Waals surface area contributed by atoms with Crippen LogP contribution in [0.4, 0.5) is 40.8 Å². The first-order valence-corrected chi connectivity index (χ1v) is 11.6. The first-order chi connectivity index (χ1) is 17.5. The fourth-order valence-electron chi connectivity index (χ4n) is 3.36. The Hall–Kier alpha value is -3.17. The van der Waals surface area contributed by atoms with E-state index in [-0.39, 0.29) is 25.0 Å². The molecule has 0 unspecified atom stereocenters. The molecular formula is C21H11Cl2F8N5OS. The minimum atomic E-state index is -6.33. The van der Waals surface area contributed by atoms with E-state index >= 15 is 0 Å². The van der Waals surface area contributed by atoms with E-state index in [4.69, 9.17) is 23.2 Å². The minimum Gasteiger partial charge on any atom is -0.322 e. The van der Waals surface area contributed by atoms with Gasteiger partial charge in [-0.3, -0.25) is 4.79 Å². The summed E-state index contributed by atoms with van der Waals surface area (Å²) in [4.78, 5) is 12.9. The number of carbonyl (C=O) groups excluding carboxylic acids is 1. The van der Waals surface area contributed by atoms with Crippen molar-refractivity contribution in [2.45, 2.75) is 18.3 Å². The second-order valence-electron chi connectivity index (χ2n) is 7.67. The average molecular weight is 604 g/mol. The lowest BCUT2D eigenvalue weighted by atomic mass is 10.1. The Morgan fingerprint density at radius 1 is 1.03 bits per heavy atom. The lowest BCUT2D eigenvalue weighted by molar-refractivity contribution is -0.292. The fourth-order valence-corrected chi connectivity index (χ4v) is 4.73. The number of aryl methyl sites for hydroxylation is 1. The van der Waals surface area contributed by atoms with Gasteiger partial charge in [-0.15, -0.1) is 11.3 Å². The van der Waals surface area contributed by atoms with Gasteiger partial charge in [0, 0.05) is 34.4 Å². The van der Waals surface area contributed by atoms with E-state index in [1.54, 1.807) is 0 Å². The molecule has 0 saturated carbocycles. The summed E-state index contributed by atoms with van der Waals surface area (Å²) in [5.74, 6) is -7.68. The highest BCUT2D eigenvalue weighted by Crippen LogP contribution is 2.49. The first kappa shape index (κ1) is 27.9. The highest BCUT2D eigenvalue weighted by molar-refractivity contribution is 7.19. The van der Waals surface area contributed by atoms with Crippen LogP contribution >= 0.6 is 34.5 Å². The number of rotatable bonds is 5. The fraction of sp³-hybridized carbons (Fsp3) is 0.190. The van der Waals surface area contributed by atoms with E-state index < -0.39 is 41.3 Å². The summed E-state index contributed by atoms with van der Waals surface area (Å²) in [6, 6.07) is 7.46. The second kappa shape index (κ2) is 9.54. The van der Waals surface area contributed by atoms with Crippen LogP contribution in [0.2, 0.25) is 9.36 Å². The molecule has 0 aliphatic carbocycles. The zero-order chi connectivity index (χ0) is 28.2. The maximum atomic E-state index is 13.9. The number of carbonyl (C=O) groups is 1. The van der Waals surface area contributed by atoms with E-state index in [0.717, 1.165) is 30.8 Å². The lowest BCUT2D eigenvalue weighted by Gasteiger charge is -2.19. The molecule has 38 heavy (non-hydrogen) atoms. The molecule has 1 aromatic carbocycles. The van der Waals surface area contributed by atoms with Crippen LogP contribution in [-0.2, 0) is 19.1 Å². The zero-order valence-corrected chi connectivity index (χ0v) is 20.8. The Balaban J connectivity index is 1.72. The van der Waals surface area contributed by atoms with Crippen LogP contribution in [0.25, 0.3) is 16.3 Å². The standard InChI is InChI=1S/C21H11Cl2F8N5OS/c1-35-18(14(20(26,27)28)15(34-35)19(24,25)21(29,30)31)36-8-9(7-32-36)13-6-12(16(23)38-13)17(37)33-11-4-2-10(22)3-5-11/h2-8H,1H3,(H,33,37). The van der Waals surface area contributed by atoms with E-state index in [9.17, 15) is 39.9 Å². The van der Waals surface area contributed by atoms with Crippen molar-refractivity contribution in [3.63, 3.8) is 0 Å². The van der Waals surface area contributed by atoms with Gasteiger partial charge in [0.25, 0.3) is 5.91 Å². The third kappa shape index (κ3) is 5.09. The number of benzene rings is 1. The number of amides is 1. The molecule has 0 radical (unpaired) electrons. The Bertz CT molecular complexity index is 1510. The molecule has 0 bridgehead atoms. The van der Waals surface area contributed by atoms with Gasteiger partial charge in [0.05, 0.1) is 11.8 Å². The molecule has 3 heterocycles. The summed E-state index contributed by atoms with van der Waals surface area (Å²) in [6.07, 6.45) is -9.99. The number of thiophene rings is 1. The molecule has 4 aromatic rings. The number of hydrogen-bond donors (Lipinski definition) is 1. The topological polar surface area (TPSA) is 64.7 Å². The van der Waals surface area contributed by atoms with Crippen LogP contribution in [0.5, 0.6) is 0 Å². The number of nitrogens with zero attached hydrogens (tertiary/aromatic N) is 4. The predicted octanol–water partition coefficient (Wildman–Crippen LogP) is 7.57. The predicted molar refractivity (Wildman–Crippen MR) is 123 cm³/mol. The molecule has 3 aromatic heterocycles. The number of hydrogen-bond acceptors (Lipinski definition) is 4. The SMILES string of the molecule is Cn1nc(C(F)(F)C(F)(F)F)c(C(F)(F)F)c1-n1cc(-c2cc(C(=O)Nc3ccc(Cl)cc3)c(Cl)s2)cn1. The molecule has 6 nitrogen and oxygen atoms in total. The van der Waals surface area contributed by atoms with Crippen molar-refractivity contribution in [1.29, 1.82) is 0 Å². The highest BCUT2D eigenvalue weighted by Gasteiger charge is 2.64. The Morgan fingerprint density at radius 2 is 1.66 bits per heavy atom. The Labute approximate surface area is 221 Å². The van der Waals surface area contributed by atoms with Crippen LogP contribution in [0, 0.1) is 0 Å². The third-order valence-corrected chi connectivity index (χ3v) is 6.73.